The largest absolute Gasteiger partial charge is 0.497 e. The SMILES string of the molecule is COc1ccc(C2SCCN2S(=O)(=O)c2ccc([N+](=O)[O-])cc2)cc1. The van der Waals surface area contributed by atoms with Gasteiger partial charge in [0, 0.05) is 24.4 Å². The Balaban J connectivity index is 1.90. The lowest BCUT2D eigenvalue weighted by atomic mass is 10.2. The third-order valence-corrected chi connectivity index (χ3v) is 7.18. The number of rotatable bonds is 5. The molecular weight excluding hydrogens is 364 g/mol. The molecule has 1 atom stereocenters. The molecule has 1 heterocycles. The Morgan fingerprint density at radius 2 is 1.80 bits per heavy atom. The maximum absolute atomic E-state index is 12.9. The number of nitro benzene ring substituents is 1. The Kier molecular flexibility index (Phi) is 4.98. The Morgan fingerprint density at radius 3 is 2.36 bits per heavy atom. The van der Waals surface area contributed by atoms with E-state index in [1.807, 2.05) is 12.1 Å². The Labute approximate surface area is 149 Å². The predicted octanol–water partition coefficient (Wildman–Crippen LogP) is 3.04. The fraction of sp³-hybridized carbons (Fsp3) is 0.250. The molecule has 9 heteroatoms. The molecule has 2 aromatic carbocycles. The van der Waals surface area contributed by atoms with Crippen molar-refractivity contribution in [2.75, 3.05) is 19.4 Å². The summed E-state index contributed by atoms with van der Waals surface area (Å²) in [6.07, 6.45) is 0. The van der Waals surface area contributed by atoms with Gasteiger partial charge in [-0.05, 0) is 29.8 Å². The number of thioether (sulfide) groups is 1. The van der Waals surface area contributed by atoms with Crippen molar-refractivity contribution in [1.29, 1.82) is 0 Å². The molecule has 1 fully saturated rings. The van der Waals surface area contributed by atoms with Crippen molar-refractivity contribution in [3.05, 3.63) is 64.2 Å². The highest BCUT2D eigenvalue weighted by Crippen LogP contribution is 2.41. The fourth-order valence-electron chi connectivity index (χ4n) is 2.61. The lowest BCUT2D eigenvalue weighted by Crippen LogP contribution is -2.30. The van der Waals surface area contributed by atoms with Crippen LogP contribution < -0.4 is 4.74 Å². The van der Waals surface area contributed by atoms with E-state index in [0.717, 1.165) is 5.56 Å². The maximum atomic E-state index is 12.9. The van der Waals surface area contributed by atoms with Gasteiger partial charge in [0.1, 0.15) is 5.75 Å². The van der Waals surface area contributed by atoms with Gasteiger partial charge < -0.3 is 4.74 Å². The van der Waals surface area contributed by atoms with Crippen molar-refractivity contribution in [2.24, 2.45) is 0 Å². The summed E-state index contributed by atoms with van der Waals surface area (Å²) < 4.78 is 32.4. The van der Waals surface area contributed by atoms with Crippen LogP contribution in [0.1, 0.15) is 10.9 Å². The van der Waals surface area contributed by atoms with E-state index in [9.17, 15) is 18.5 Å². The normalized spacial score (nSPS) is 18.2. The molecule has 0 saturated carbocycles. The molecule has 0 radical (unpaired) electrons. The van der Waals surface area contributed by atoms with Gasteiger partial charge >= 0.3 is 0 Å². The number of ether oxygens (including phenoxy) is 1. The minimum atomic E-state index is -3.74. The molecule has 0 amide bonds. The zero-order valence-corrected chi connectivity index (χ0v) is 15.0. The van der Waals surface area contributed by atoms with Crippen molar-refractivity contribution in [3.8, 4) is 5.75 Å². The van der Waals surface area contributed by atoms with Crippen LogP contribution in [0.3, 0.4) is 0 Å². The second kappa shape index (κ2) is 7.03. The van der Waals surface area contributed by atoms with Crippen LogP contribution in [-0.2, 0) is 10.0 Å². The number of nitrogens with zero attached hydrogens (tertiary/aromatic N) is 2. The second-order valence-electron chi connectivity index (χ2n) is 5.36. The molecule has 0 aromatic heterocycles. The number of methoxy groups -OCH3 is 1. The Bertz CT molecular complexity index is 866. The van der Waals surface area contributed by atoms with Crippen molar-refractivity contribution in [2.45, 2.75) is 10.3 Å². The summed E-state index contributed by atoms with van der Waals surface area (Å²) in [6.45, 7) is 0.390. The molecule has 1 aliphatic heterocycles. The third kappa shape index (κ3) is 3.48. The summed E-state index contributed by atoms with van der Waals surface area (Å²) >= 11 is 1.54. The van der Waals surface area contributed by atoms with E-state index in [1.165, 1.54) is 28.6 Å². The van der Waals surface area contributed by atoms with Crippen LogP contribution in [0.2, 0.25) is 0 Å². The van der Waals surface area contributed by atoms with Gasteiger partial charge in [-0.15, -0.1) is 11.8 Å². The molecule has 1 aliphatic rings. The molecule has 3 rings (SSSR count). The molecule has 0 N–H and O–H groups in total. The topological polar surface area (TPSA) is 89.8 Å². The Morgan fingerprint density at radius 1 is 1.16 bits per heavy atom. The zero-order valence-electron chi connectivity index (χ0n) is 13.4. The Hall–Kier alpha value is -2.10. The molecule has 1 saturated heterocycles. The number of hydrogen-bond donors (Lipinski definition) is 0. The number of benzene rings is 2. The minimum absolute atomic E-state index is 0.0547. The van der Waals surface area contributed by atoms with Gasteiger partial charge in [-0.3, -0.25) is 10.1 Å². The van der Waals surface area contributed by atoms with Gasteiger partial charge in [0.2, 0.25) is 10.0 Å². The van der Waals surface area contributed by atoms with Crippen LogP contribution in [0.5, 0.6) is 5.75 Å². The van der Waals surface area contributed by atoms with Gasteiger partial charge in [-0.2, -0.15) is 4.31 Å². The molecule has 0 spiro atoms. The first-order valence-electron chi connectivity index (χ1n) is 7.45. The quantitative estimate of drug-likeness (QED) is 0.585. The first-order valence-corrected chi connectivity index (χ1v) is 9.94. The molecule has 0 aliphatic carbocycles. The molecule has 1 unspecified atom stereocenters. The summed E-state index contributed by atoms with van der Waals surface area (Å²) in [4.78, 5) is 10.2. The standard InChI is InChI=1S/C16H16N2O5S2/c1-23-14-6-2-12(3-7-14)16-17(10-11-24-16)25(21,22)15-8-4-13(5-9-15)18(19)20/h2-9,16H,10-11H2,1H3. The van der Waals surface area contributed by atoms with Gasteiger partial charge in [0.05, 0.1) is 22.3 Å². The third-order valence-electron chi connectivity index (χ3n) is 3.90. The molecule has 132 valence electrons. The second-order valence-corrected chi connectivity index (χ2v) is 8.44. The molecule has 2 aromatic rings. The lowest BCUT2D eigenvalue weighted by Gasteiger charge is -2.23. The van der Waals surface area contributed by atoms with Crippen molar-refractivity contribution >= 4 is 27.5 Å². The van der Waals surface area contributed by atoms with E-state index in [4.69, 9.17) is 4.74 Å². The monoisotopic (exact) mass is 380 g/mol. The van der Waals surface area contributed by atoms with Crippen LogP contribution >= 0.6 is 11.8 Å². The summed E-state index contributed by atoms with van der Waals surface area (Å²) in [5.74, 6) is 1.39. The highest BCUT2D eigenvalue weighted by molar-refractivity contribution is 8.01. The highest BCUT2D eigenvalue weighted by atomic mass is 32.2. The molecule has 0 bridgehead atoms. The van der Waals surface area contributed by atoms with Crippen molar-refractivity contribution in [1.82, 2.24) is 4.31 Å². The van der Waals surface area contributed by atoms with E-state index < -0.39 is 14.9 Å². The van der Waals surface area contributed by atoms with Crippen LogP contribution in [-0.4, -0.2) is 37.1 Å². The van der Waals surface area contributed by atoms with E-state index in [-0.39, 0.29) is 16.0 Å². The van der Waals surface area contributed by atoms with Crippen molar-refractivity contribution in [3.63, 3.8) is 0 Å². The highest BCUT2D eigenvalue weighted by Gasteiger charge is 2.37. The van der Waals surface area contributed by atoms with E-state index in [1.54, 1.807) is 31.0 Å². The van der Waals surface area contributed by atoms with Crippen LogP contribution in [0.25, 0.3) is 0 Å². The minimum Gasteiger partial charge on any atom is -0.497 e. The predicted molar refractivity (Wildman–Crippen MR) is 95.2 cm³/mol. The van der Waals surface area contributed by atoms with E-state index >= 15 is 0 Å². The van der Waals surface area contributed by atoms with Crippen molar-refractivity contribution < 1.29 is 18.1 Å². The summed E-state index contributed by atoms with van der Waals surface area (Å²) in [5.41, 5.74) is 0.732. The maximum Gasteiger partial charge on any atom is 0.269 e. The zero-order chi connectivity index (χ0) is 18.0. The van der Waals surface area contributed by atoms with E-state index in [0.29, 0.717) is 18.0 Å². The van der Waals surface area contributed by atoms with Gasteiger partial charge in [-0.1, -0.05) is 12.1 Å². The van der Waals surface area contributed by atoms with Gasteiger partial charge in [0.25, 0.3) is 5.69 Å². The smallest absolute Gasteiger partial charge is 0.269 e. The van der Waals surface area contributed by atoms with Crippen LogP contribution in [0, 0.1) is 10.1 Å². The molecule has 25 heavy (non-hydrogen) atoms. The first kappa shape index (κ1) is 17.7. The fourth-order valence-corrected chi connectivity index (χ4v) is 5.85. The first-order chi connectivity index (χ1) is 11.9. The van der Waals surface area contributed by atoms with Crippen LogP contribution in [0.4, 0.5) is 5.69 Å². The number of sulfonamides is 1. The molecular formula is C16H16N2O5S2. The molecule has 7 nitrogen and oxygen atoms in total. The summed E-state index contributed by atoms with van der Waals surface area (Å²) in [7, 11) is -2.16. The van der Waals surface area contributed by atoms with E-state index in [2.05, 4.69) is 0 Å². The lowest BCUT2D eigenvalue weighted by molar-refractivity contribution is -0.384. The average molecular weight is 380 g/mol. The van der Waals surface area contributed by atoms with Gasteiger partial charge in [-0.25, -0.2) is 8.42 Å². The summed E-state index contributed by atoms with van der Waals surface area (Å²) in [6, 6.07) is 12.3. The number of hydrogen-bond acceptors (Lipinski definition) is 6. The van der Waals surface area contributed by atoms with Gasteiger partial charge in [0.15, 0.2) is 0 Å². The number of non-ortho nitro benzene ring substituents is 1. The van der Waals surface area contributed by atoms with Crippen LogP contribution in [0.15, 0.2) is 53.4 Å². The summed E-state index contributed by atoms with van der Waals surface area (Å²) in [5, 5.41) is 10.4. The number of nitro groups is 1. The average Bonchev–Trinajstić information content (AvgIpc) is 3.12.